The monoisotopic (exact) mass is 197 g/mol. The zero-order valence-electron chi connectivity index (χ0n) is 9.39. The lowest BCUT2D eigenvalue weighted by Crippen LogP contribution is -1.81. The van der Waals surface area contributed by atoms with Crippen LogP contribution in [0.3, 0.4) is 0 Å². The highest BCUT2D eigenvalue weighted by Crippen LogP contribution is 2.14. The van der Waals surface area contributed by atoms with Gasteiger partial charge in [-0.25, -0.2) is 4.39 Å². The molecule has 80 valence electrons. The van der Waals surface area contributed by atoms with Crippen molar-refractivity contribution in [3.05, 3.63) is 23.7 Å². The summed E-state index contributed by atoms with van der Waals surface area (Å²) in [6.45, 7) is 5.90. The maximum Gasteiger partial charge on any atom is 0.100 e. The molecule has 2 heteroatoms. The Balaban J connectivity index is 4.41. The SMILES string of the molecule is CC=N/C=C(\C=C(\F)CCC)CCC. The molecular formula is C12H20FN. The fourth-order valence-corrected chi connectivity index (χ4v) is 1.15. The van der Waals surface area contributed by atoms with Gasteiger partial charge in [-0.15, -0.1) is 0 Å². The van der Waals surface area contributed by atoms with Gasteiger partial charge in [-0.3, -0.25) is 4.99 Å². The smallest absolute Gasteiger partial charge is 0.100 e. The minimum absolute atomic E-state index is 0.0431. The van der Waals surface area contributed by atoms with Gasteiger partial charge in [-0.1, -0.05) is 20.3 Å². The van der Waals surface area contributed by atoms with Crippen LogP contribution in [-0.4, -0.2) is 6.21 Å². The van der Waals surface area contributed by atoms with Crippen molar-refractivity contribution >= 4 is 6.21 Å². The van der Waals surface area contributed by atoms with Crippen LogP contribution in [0, 0.1) is 0 Å². The van der Waals surface area contributed by atoms with E-state index in [0.29, 0.717) is 6.42 Å². The molecule has 0 saturated carbocycles. The summed E-state index contributed by atoms with van der Waals surface area (Å²) >= 11 is 0. The molecule has 0 aromatic rings. The molecule has 0 aliphatic rings. The summed E-state index contributed by atoms with van der Waals surface area (Å²) < 4.78 is 13.2. The first-order valence-corrected chi connectivity index (χ1v) is 5.27. The summed E-state index contributed by atoms with van der Waals surface area (Å²) in [5.74, 6) is -0.0431. The lowest BCUT2D eigenvalue weighted by molar-refractivity contribution is 0.582. The molecule has 0 spiro atoms. The van der Waals surface area contributed by atoms with Crippen molar-refractivity contribution in [2.75, 3.05) is 0 Å². The third-order valence-corrected chi connectivity index (χ3v) is 1.76. The number of allylic oxidation sites excluding steroid dienone is 3. The van der Waals surface area contributed by atoms with E-state index >= 15 is 0 Å². The summed E-state index contributed by atoms with van der Waals surface area (Å²) in [5.41, 5.74) is 0.969. The predicted octanol–water partition coefficient (Wildman–Crippen LogP) is 4.41. The normalized spacial score (nSPS) is 14.0. The second kappa shape index (κ2) is 8.67. The first kappa shape index (κ1) is 13.1. The first-order valence-electron chi connectivity index (χ1n) is 5.27. The number of nitrogens with zero attached hydrogens (tertiary/aromatic N) is 1. The molecule has 0 radical (unpaired) electrons. The average Bonchev–Trinajstić information content (AvgIpc) is 2.15. The van der Waals surface area contributed by atoms with Crippen LogP contribution in [0.2, 0.25) is 0 Å². The average molecular weight is 197 g/mol. The molecule has 0 heterocycles. The topological polar surface area (TPSA) is 12.4 Å². The Morgan fingerprint density at radius 3 is 2.36 bits per heavy atom. The molecule has 0 atom stereocenters. The molecule has 0 fully saturated rings. The molecule has 0 aliphatic carbocycles. The predicted molar refractivity (Wildman–Crippen MR) is 61.3 cm³/mol. The molecule has 14 heavy (non-hydrogen) atoms. The van der Waals surface area contributed by atoms with Crippen molar-refractivity contribution in [1.82, 2.24) is 0 Å². The van der Waals surface area contributed by atoms with E-state index < -0.39 is 0 Å². The summed E-state index contributed by atoms with van der Waals surface area (Å²) in [4.78, 5) is 4.01. The van der Waals surface area contributed by atoms with Crippen LogP contribution in [0.25, 0.3) is 0 Å². The molecule has 0 unspecified atom stereocenters. The van der Waals surface area contributed by atoms with Crippen LogP contribution in [0.1, 0.15) is 46.5 Å². The van der Waals surface area contributed by atoms with E-state index in [4.69, 9.17) is 0 Å². The fourth-order valence-electron chi connectivity index (χ4n) is 1.15. The minimum Gasteiger partial charge on any atom is -0.269 e. The molecule has 1 nitrogen and oxygen atoms in total. The summed E-state index contributed by atoms with van der Waals surface area (Å²) in [6, 6.07) is 0. The molecule has 0 saturated heterocycles. The van der Waals surface area contributed by atoms with Gasteiger partial charge in [0, 0.05) is 12.4 Å². The van der Waals surface area contributed by atoms with Crippen LogP contribution < -0.4 is 0 Å². The molecule has 0 bridgehead atoms. The van der Waals surface area contributed by atoms with Crippen LogP contribution in [0.4, 0.5) is 4.39 Å². The van der Waals surface area contributed by atoms with Gasteiger partial charge in [-0.2, -0.15) is 0 Å². The fraction of sp³-hybridized carbons (Fsp3) is 0.583. The molecule has 0 aromatic carbocycles. The zero-order valence-corrected chi connectivity index (χ0v) is 9.39. The van der Waals surface area contributed by atoms with Gasteiger partial charge < -0.3 is 0 Å². The quantitative estimate of drug-likeness (QED) is 0.441. The lowest BCUT2D eigenvalue weighted by atomic mass is 10.1. The highest BCUT2D eigenvalue weighted by atomic mass is 19.1. The summed E-state index contributed by atoms with van der Waals surface area (Å²) in [6.07, 6.45) is 8.32. The largest absolute Gasteiger partial charge is 0.269 e. The Morgan fingerprint density at radius 1 is 1.21 bits per heavy atom. The standard InChI is InChI=1S/C12H20FN/c1-4-7-11(10-14-6-3)9-12(13)8-5-2/h6,9-10H,4-5,7-8H2,1-3H3/b11-10-,12-9+,14-6?. The first-order chi connectivity index (χ1) is 6.74. The Bertz CT molecular complexity index is 226. The van der Waals surface area contributed by atoms with E-state index in [0.717, 1.165) is 24.8 Å². The molecule has 0 aromatic heterocycles. The number of hydrogen-bond acceptors (Lipinski definition) is 1. The van der Waals surface area contributed by atoms with Gasteiger partial charge in [0.05, 0.1) is 0 Å². The Hall–Kier alpha value is -0.920. The van der Waals surface area contributed by atoms with E-state index in [2.05, 4.69) is 11.9 Å². The van der Waals surface area contributed by atoms with E-state index in [-0.39, 0.29) is 5.83 Å². The molecular weight excluding hydrogens is 177 g/mol. The van der Waals surface area contributed by atoms with E-state index in [1.807, 2.05) is 13.8 Å². The van der Waals surface area contributed by atoms with Crippen LogP contribution in [0.15, 0.2) is 28.7 Å². The van der Waals surface area contributed by atoms with Crippen LogP contribution in [-0.2, 0) is 0 Å². The van der Waals surface area contributed by atoms with Gasteiger partial charge in [0.15, 0.2) is 0 Å². The Kier molecular flexibility index (Phi) is 8.10. The van der Waals surface area contributed by atoms with Crippen molar-refractivity contribution in [1.29, 1.82) is 0 Å². The third kappa shape index (κ3) is 6.58. The lowest BCUT2D eigenvalue weighted by Gasteiger charge is -1.99. The van der Waals surface area contributed by atoms with E-state index in [1.165, 1.54) is 0 Å². The van der Waals surface area contributed by atoms with Crippen molar-refractivity contribution in [2.45, 2.75) is 46.5 Å². The maximum absolute atomic E-state index is 13.2. The van der Waals surface area contributed by atoms with Crippen molar-refractivity contribution in [3.8, 4) is 0 Å². The van der Waals surface area contributed by atoms with Crippen molar-refractivity contribution < 1.29 is 4.39 Å². The van der Waals surface area contributed by atoms with E-state index in [9.17, 15) is 4.39 Å². The molecule has 0 amide bonds. The van der Waals surface area contributed by atoms with Crippen LogP contribution >= 0.6 is 0 Å². The number of aliphatic imine (C=N–C) groups is 1. The number of rotatable bonds is 6. The second-order valence-electron chi connectivity index (χ2n) is 3.20. The summed E-state index contributed by atoms with van der Waals surface area (Å²) in [7, 11) is 0. The van der Waals surface area contributed by atoms with Gasteiger partial charge in [0.1, 0.15) is 5.83 Å². The third-order valence-electron chi connectivity index (χ3n) is 1.76. The van der Waals surface area contributed by atoms with Gasteiger partial charge in [-0.05, 0) is 37.8 Å². The van der Waals surface area contributed by atoms with Crippen molar-refractivity contribution in [2.24, 2.45) is 4.99 Å². The maximum atomic E-state index is 13.2. The summed E-state index contributed by atoms with van der Waals surface area (Å²) in [5, 5.41) is 0. The van der Waals surface area contributed by atoms with Gasteiger partial charge >= 0.3 is 0 Å². The second-order valence-corrected chi connectivity index (χ2v) is 3.20. The van der Waals surface area contributed by atoms with E-state index in [1.54, 1.807) is 18.5 Å². The Labute approximate surface area is 86.4 Å². The Morgan fingerprint density at radius 2 is 1.86 bits per heavy atom. The highest BCUT2D eigenvalue weighted by molar-refractivity contribution is 5.54. The number of halogens is 1. The molecule has 0 rings (SSSR count). The molecule has 0 aliphatic heterocycles. The highest BCUT2D eigenvalue weighted by Gasteiger charge is 1.96. The van der Waals surface area contributed by atoms with Crippen LogP contribution in [0.5, 0.6) is 0 Å². The van der Waals surface area contributed by atoms with Gasteiger partial charge in [0.25, 0.3) is 0 Å². The van der Waals surface area contributed by atoms with Gasteiger partial charge in [0.2, 0.25) is 0 Å². The molecule has 0 N–H and O–H groups in total. The number of hydrogen-bond donors (Lipinski definition) is 0. The minimum atomic E-state index is -0.0431. The van der Waals surface area contributed by atoms with Crippen molar-refractivity contribution in [3.63, 3.8) is 0 Å². The zero-order chi connectivity index (χ0) is 10.8.